The van der Waals surface area contributed by atoms with Gasteiger partial charge in [-0.2, -0.15) is 12.6 Å². The Morgan fingerprint density at radius 2 is 2.19 bits per heavy atom. The Morgan fingerprint density at radius 3 is 2.71 bits per heavy atom. The molecule has 1 heterocycles. The summed E-state index contributed by atoms with van der Waals surface area (Å²) in [6.45, 7) is 1.80. The number of nitrogens with one attached hydrogen (secondary N) is 1. The van der Waals surface area contributed by atoms with Crippen LogP contribution in [0.2, 0.25) is 0 Å². The first-order valence-electron chi connectivity index (χ1n) is 6.48. The second-order valence-corrected chi connectivity index (χ2v) is 5.34. The molecule has 1 aromatic rings. The maximum absolute atomic E-state index is 12.0. The molecule has 0 saturated carbocycles. The van der Waals surface area contributed by atoms with Crippen molar-refractivity contribution < 1.29 is 19.5 Å². The molecule has 1 saturated heterocycles. The third-order valence-electron chi connectivity index (χ3n) is 3.30. The van der Waals surface area contributed by atoms with Gasteiger partial charge in [-0.05, 0) is 29.9 Å². The van der Waals surface area contributed by atoms with E-state index in [1.165, 1.54) is 17.9 Å². The van der Waals surface area contributed by atoms with Gasteiger partial charge >= 0.3 is 5.97 Å². The van der Waals surface area contributed by atoms with Gasteiger partial charge in [0.1, 0.15) is 0 Å². The number of benzene rings is 1. The third kappa shape index (κ3) is 3.36. The van der Waals surface area contributed by atoms with E-state index < -0.39 is 5.97 Å². The largest absolute Gasteiger partial charge is 0.478 e. The van der Waals surface area contributed by atoms with Crippen LogP contribution in [0.25, 0.3) is 0 Å². The summed E-state index contributed by atoms with van der Waals surface area (Å²) < 4.78 is 0. The smallest absolute Gasteiger partial charge is 0.337 e. The van der Waals surface area contributed by atoms with Crippen molar-refractivity contribution in [3.8, 4) is 0 Å². The van der Waals surface area contributed by atoms with E-state index in [-0.39, 0.29) is 23.3 Å². The fourth-order valence-electron chi connectivity index (χ4n) is 2.36. The predicted molar refractivity (Wildman–Crippen MR) is 82.0 cm³/mol. The van der Waals surface area contributed by atoms with E-state index in [1.54, 1.807) is 12.1 Å². The van der Waals surface area contributed by atoms with Crippen molar-refractivity contribution >= 4 is 41.8 Å². The Morgan fingerprint density at radius 1 is 1.48 bits per heavy atom. The fraction of sp³-hybridized carbons (Fsp3) is 0.357. The minimum atomic E-state index is -1.14. The average Bonchev–Trinajstić information content (AvgIpc) is 2.79. The number of carbonyl (C=O) groups excluding carboxylic acids is 2. The molecule has 0 bridgehead atoms. The zero-order valence-electron chi connectivity index (χ0n) is 11.5. The Balaban J connectivity index is 2.37. The molecule has 1 aromatic carbocycles. The number of hydrogen-bond acceptors (Lipinski definition) is 4. The summed E-state index contributed by atoms with van der Waals surface area (Å²) >= 11 is 4.19. The minimum absolute atomic E-state index is 0.00517. The second kappa shape index (κ2) is 6.17. The standard InChI is InChI=1S/C14H16N2O4S/c1-8(17)15-10-2-3-12(11(5-10)14(19)20)16-6-9(7-21)4-13(16)18/h2-3,5,9,21H,4,6-7H2,1H3,(H,15,17)(H,19,20). The number of anilines is 2. The highest BCUT2D eigenvalue weighted by molar-refractivity contribution is 7.80. The molecule has 7 heteroatoms. The quantitative estimate of drug-likeness (QED) is 0.738. The molecule has 21 heavy (non-hydrogen) atoms. The van der Waals surface area contributed by atoms with Gasteiger partial charge in [0.25, 0.3) is 0 Å². The number of carboxylic acids is 1. The lowest BCUT2D eigenvalue weighted by Gasteiger charge is -2.19. The van der Waals surface area contributed by atoms with Crippen molar-refractivity contribution in [2.24, 2.45) is 5.92 Å². The van der Waals surface area contributed by atoms with Crippen molar-refractivity contribution in [2.45, 2.75) is 13.3 Å². The molecule has 2 amide bonds. The molecule has 1 fully saturated rings. The highest BCUT2D eigenvalue weighted by Crippen LogP contribution is 2.30. The molecular formula is C14H16N2O4S. The van der Waals surface area contributed by atoms with E-state index in [9.17, 15) is 19.5 Å². The first-order chi connectivity index (χ1) is 9.92. The van der Waals surface area contributed by atoms with Crippen LogP contribution < -0.4 is 10.2 Å². The van der Waals surface area contributed by atoms with Crippen molar-refractivity contribution in [1.82, 2.24) is 0 Å². The first kappa shape index (κ1) is 15.4. The minimum Gasteiger partial charge on any atom is -0.478 e. The lowest BCUT2D eigenvalue weighted by Crippen LogP contribution is -2.26. The molecule has 1 aliphatic heterocycles. The van der Waals surface area contributed by atoms with Crippen LogP contribution in [0.5, 0.6) is 0 Å². The molecule has 0 aliphatic carbocycles. The molecule has 1 atom stereocenters. The van der Waals surface area contributed by atoms with Gasteiger partial charge in [-0.25, -0.2) is 4.79 Å². The van der Waals surface area contributed by atoms with Crippen LogP contribution in [-0.4, -0.2) is 35.2 Å². The van der Waals surface area contributed by atoms with Gasteiger partial charge in [-0.1, -0.05) is 0 Å². The summed E-state index contributed by atoms with van der Waals surface area (Å²) in [5.74, 6) is -0.832. The van der Waals surface area contributed by atoms with E-state index in [2.05, 4.69) is 17.9 Å². The molecule has 2 N–H and O–H groups in total. The lowest BCUT2D eigenvalue weighted by atomic mass is 10.1. The molecule has 0 radical (unpaired) electrons. The van der Waals surface area contributed by atoms with Crippen LogP contribution in [0, 0.1) is 5.92 Å². The van der Waals surface area contributed by atoms with E-state index in [4.69, 9.17) is 0 Å². The van der Waals surface area contributed by atoms with Gasteiger partial charge in [-0.3, -0.25) is 9.59 Å². The van der Waals surface area contributed by atoms with Gasteiger partial charge in [0, 0.05) is 25.6 Å². The zero-order valence-corrected chi connectivity index (χ0v) is 12.4. The third-order valence-corrected chi connectivity index (χ3v) is 3.82. The number of carboxylic acid groups (broad SMARTS) is 1. The molecule has 1 unspecified atom stereocenters. The van der Waals surface area contributed by atoms with Gasteiger partial charge in [0.05, 0.1) is 11.3 Å². The topological polar surface area (TPSA) is 86.7 Å². The molecular weight excluding hydrogens is 292 g/mol. The number of rotatable bonds is 4. The van der Waals surface area contributed by atoms with E-state index in [1.807, 2.05) is 0 Å². The molecule has 1 aliphatic rings. The normalized spacial score (nSPS) is 17.9. The maximum atomic E-state index is 12.0. The van der Waals surface area contributed by atoms with E-state index in [0.29, 0.717) is 30.1 Å². The van der Waals surface area contributed by atoms with Crippen LogP contribution >= 0.6 is 12.6 Å². The van der Waals surface area contributed by atoms with Crippen LogP contribution in [0.15, 0.2) is 18.2 Å². The van der Waals surface area contributed by atoms with Crippen LogP contribution in [0.4, 0.5) is 11.4 Å². The highest BCUT2D eigenvalue weighted by Gasteiger charge is 2.32. The van der Waals surface area contributed by atoms with E-state index >= 15 is 0 Å². The number of nitrogens with zero attached hydrogens (tertiary/aromatic N) is 1. The molecule has 112 valence electrons. The van der Waals surface area contributed by atoms with Gasteiger partial charge < -0.3 is 15.3 Å². The number of hydrogen-bond donors (Lipinski definition) is 3. The van der Waals surface area contributed by atoms with Gasteiger partial charge in [0.15, 0.2) is 0 Å². The molecule has 0 spiro atoms. The average molecular weight is 308 g/mol. The summed E-state index contributed by atoms with van der Waals surface area (Å²) in [6, 6.07) is 4.50. The zero-order chi connectivity index (χ0) is 15.6. The molecule has 2 rings (SSSR count). The first-order valence-corrected chi connectivity index (χ1v) is 7.11. The van der Waals surface area contributed by atoms with Crippen LogP contribution in [0.3, 0.4) is 0 Å². The van der Waals surface area contributed by atoms with Crippen LogP contribution in [-0.2, 0) is 9.59 Å². The number of amides is 2. The Kier molecular flexibility index (Phi) is 4.52. The monoisotopic (exact) mass is 308 g/mol. The Bertz CT molecular complexity index is 603. The Hall–Kier alpha value is -2.02. The summed E-state index contributed by atoms with van der Waals surface area (Å²) in [7, 11) is 0. The Labute approximate surface area is 127 Å². The fourth-order valence-corrected chi connectivity index (χ4v) is 2.60. The molecule has 6 nitrogen and oxygen atoms in total. The number of aromatic carboxylic acids is 1. The van der Waals surface area contributed by atoms with Crippen molar-refractivity contribution in [3.05, 3.63) is 23.8 Å². The highest BCUT2D eigenvalue weighted by atomic mass is 32.1. The summed E-state index contributed by atoms with van der Waals surface area (Å²) in [4.78, 5) is 35.9. The molecule has 0 aromatic heterocycles. The lowest BCUT2D eigenvalue weighted by molar-refractivity contribution is -0.117. The van der Waals surface area contributed by atoms with Crippen molar-refractivity contribution in [1.29, 1.82) is 0 Å². The second-order valence-electron chi connectivity index (χ2n) is 4.98. The summed E-state index contributed by atoms with van der Waals surface area (Å²) in [5.41, 5.74) is 0.737. The summed E-state index contributed by atoms with van der Waals surface area (Å²) in [5, 5.41) is 11.9. The van der Waals surface area contributed by atoms with Crippen molar-refractivity contribution in [3.63, 3.8) is 0 Å². The maximum Gasteiger partial charge on any atom is 0.337 e. The number of thiol groups is 1. The van der Waals surface area contributed by atoms with Gasteiger partial charge in [-0.15, -0.1) is 0 Å². The predicted octanol–water partition coefficient (Wildman–Crippen LogP) is 1.63. The van der Waals surface area contributed by atoms with E-state index in [0.717, 1.165) is 0 Å². The van der Waals surface area contributed by atoms with Gasteiger partial charge in [0.2, 0.25) is 11.8 Å². The van der Waals surface area contributed by atoms with Crippen LogP contribution in [0.1, 0.15) is 23.7 Å². The summed E-state index contributed by atoms with van der Waals surface area (Å²) in [6.07, 6.45) is 0.371. The van der Waals surface area contributed by atoms with Crippen molar-refractivity contribution in [2.75, 3.05) is 22.5 Å². The SMILES string of the molecule is CC(=O)Nc1ccc(N2CC(CS)CC2=O)c(C(=O)O)c1. The number of carbonyl (C=O) groups is 3.